The third kappa shape index (κ3) is 3.13. The second-order valence-corrected chi connectivity index (χ2v) is 5.45. The van der Waals surface area contributed by atoms with Crippen molar-refractivity contribution in [2.75, 3.05) is 14.2 Å². The molecule has 20 heavy (non-hydrogen) atoms. The summed E-state index contributed by atoms with van der Waals surface area (Å²) in [6, 6.07) is 5.30. The van der Waals surface area contributed by atoms with Gasteiger partial charge in [0.25, 0.3) is 0 Å². The van der Waals surface area contributed by atoms with Gasteiger partial charge in [0, 0.05) is 3.57 Å². The summed E-state index contributed by atoms with van der Waals surface area (Å²) in [5.74, 6) is 0.532. The molecule has 1 unspecified atom stereocenters. The van der Waals surface area contributed by atoms with E-state index in [1.165, 1.54) is 20.4 Å². The third-order valence-corrected chi connectivity index (χ3v) is 4.24. The van der Waals surface area contributed by atoms with Gasteiger partial charge in [-0.05, 0) is 40.3 Å². The van der Waals surface area contributed by atoms with Crippen LogP contribution in [0.4, 0.5) is 0 Å². The van der Waals surface area contributed by atoms with Crippen LogP contribution in [0.15, 0.2) is 24.4 Å². The van der Waals surface area contributed by atoms with Crippen molar-refractivity contribution in [3.8, 4) is 11.8 Å². The Morgan fingerprint density at radius 2 is 2.05 bits per heavy atom. The van der Waals surface area contributed by atoms with E-state index in [0.717, 1.165) is 3.57 Å². The van der Waals surface area contributed by atoms with E-state index in [1.807, 2.05) is 6.07 Å². The van der Waals surface area contributed by atoms with Gasteiger partial charge in [-0.3, -0.25) is 0 Å². The van der Waals surface area contributed by atoms with E-state index in [4.69, 9.17) is 21.1 Å². The molecule has 0 saturated heterocycles. The fraction of sp³-hybridized carbons (Fsp3) is 0.231. The number of halogens is 2. The Kier molecular flexibility index (Phi) is 5.00. The van der Waals surface area contributed by atoms with Gasteiger partial charge >= 0.3 is 0 Å². The third-order valence-electron chi connectivity index (χ3n) is 2.67. The number of aliphatic hydroxyl groups is 1. The van der Waals surface area contributed by atoms with Crippen molar-refractivity contribution in [1.82, 2.24) is 9.97 Å². The second kappa shape index (κ2) is 6.55. The lowest BCUT2D eigenvalue weighted by Crippen LogP contribution is -2.07. The van der Waals surface area contributed by atoms with E-state index in [2.05, 4.69) is 32.6 Å². The van der Waals surface area contributed by atoms with E-state index in [-0.39, 0.29) is 5.88 Å². The molecule has 5 nitrogen and oxygen atoms in total. The molecule has 1 aromatic carbocycles. The first-order valence-electron chi connectivity index (χ1n) is 5.64. The predicted octanol–water partition coefficient (Wildman–Crippen LogP) is 2.83. The van der Waals surface area contributed by atoms with Gasteiger partial charge in [0.1, 0.15) is 11.8 Å². The molecule has 0 spiro atoms. The maximum Gasteiger partial charge on any atom is 0.241 e. The molecule has 7 heteroatoms. The molecule has 1 heterocycles. The van der Waals surface area contributed by atoms with Gasteiger partial charge in [-0.15, -0.1) is 0 Å². The molecule has 2 aromatic rings. The second-order valence-electron chi connectivity index (χ2n) is 3.88. The number of methoxy groups -OCH3 is 2. The number of hydrogen-bond donors (Lipinski definition) is 1. The molecule has 0 radical (unpaired) electrons. The Hall–Kier alpha value is -1.12. The van der Waals surface area contributed by atoms with Crippen LogP contribution >= 0.6 is 34.2 Å². The minimum absolute atomic E-state index is 0.214. The van der Waals surface area contributed by atoms with Crippen LogP contribution < -0.4 is 9.47 Å². The first kappa shape index (κ1) is 15.3. The number of aliphatic hydroxyl groups excluding tert-OH is 1. The molecule has 0 bridgehead atoms. The van der Waals surface area contributed by atoms with Crippen molar-refractivity contribution in [2.45, 2.75) is 6.10 Å². The highest BCUT2D eigenvalue weighted by Gasteiger charge is 2.20. The van der Waals surface area contributed by atoms with Crippen molar-refractivity contribution in [2.24, 2.45) is 0 Å². The zero-order valence-electron chi connectivity index (χ0n) is 10.8. The summed E-state index contributed by atoms with van der Waals surface area (Å²) >= 11 is 8.18. The van der Waals surface area contributed by atoms with Gasteiger partial charge in [0.2, 0.25) is 11.8 Å². The van der Waals surface area contributed by atoms with E-state index < -0.39 is 6.10 Å². The van der Waals surface area contributed by atoms with E-state index in [9.17, 15) is 5.11 Å². The highest BCUT2D eigenvalue weighted by Crippen LogP contribution is 2.30. The maximum absolute atomic E-state index is 10.4. The van der Waals surface area contributed by atoms with Crippen molar-refractivity contribution in [3.63, 3.8) is 0 Å². The molecule has 106 valence electrons. The summed E-state index contributed by atoms with van der Waals surface area (Å²) in [7, 11) is 2.94. The standard InChI is InChI=1S/C13H12ClIN2O3/c1-19-10-6-16-11(13(17-10)20-2)12(18)7-3-4-9(15)8(14)5-7/h3-6,12,18H,1-2H3. The Morgan fingerprint density at radius 3 is 2.65 bits per heavy atom. The first-order valence-corrected chi connectivity index (χ1v) is 7.10. The molecule has 0 fully saturated rings. The van der Waals surface area contributed by atoms with Crippen LogP contribution in [-0.2, 0) is 0 Å². The zero-order chi connectivity index (χ0) is 14.7. The minimum Gasteiger partial charge on any atom is -0.480 e. The van der Waals surface area contributed by atoms with Crippen molar-refractivity contribution >= 4 is 34.2 Å². The van der Waals surface area contributed by atoms with E-state index >= 15 is 0 Å². The van der Waals surface area contributed by atoms with Crippen LogP contribution in [0.1, 0.15) is 17.4 Å². The summed E-state index contributed by atoms with van der Waals surface area (Å²) in [5, 5.41) is 11.0. The number of nitrogens with zero attached hydrogens (tertiary/aromatic N) is 2. The van der Waals surface area contributed by atoms with Crippen LogP contribution in [0.5, 0.6) is 11.8 Å². The Balaban J connectivity index is 2.41. The van der Waals surface area contributed by atoms with E-state index in [1.54, 1.807) is 12.1 Å². The SMILES string of the molecule is COc1cnc(C(O)c2ccc(I)c(Cl)c2)c(OC)n1. The molecule has 1 atom stereocenters. The van der Waals surface area contributed by atoms with Crippen LogP contribution in [0.3, 0.4) is 0 Å². The van der Waals surface area contributed by atoms with Crippen LogP contribution in [0.2, 0.25) is 5.02 Å². The molecule has 0 aliphatic carbocycles. The van der Waals surface area contributed by atoms with Gasteiger partial charge < -0.3 is 14.6 Å². The Bertz CT molecular complexity index is 625. The maximum atomic E-state index is 10.4. The van der Waals surface area contributed by atoms with Crippen LogP contribution in [0, 0.1) is 3.57 Å². The van der Waals surface area contributed by atoms with Crippen molar-refractivity contribution < 1.29 is 14.6 Å². The highest BCUT2D eigenvalue weighted by molar-refractivity contribution is 14.1. The Morgan fingerprint density at radius 1 is 1.30 bits per heavy atom. The fourth-order valence-electron chi connectivity index (χ4n) is 1.64. The predicted molar refractivity (Wildman–Crippen MR) is 83.4 cm³/mol. The molecular formula is C13H12ClIN2O3. The van der Waals surface area contributed by atoms with Gasteiger partial charge in [-0.2, -0.15) is 4.98 Å². The topological polar surface area (TPSA) is 64.5 Å². The van der Waals surface area contributed by atoms with Crippen LogP contribution in [-0.4, -0.2) is 29.3 Å². The molecule has 0 aliphatic heterocycles. The number of hydrogen-bond acceptors (Lipinski definition) is 5. The summed E-state index contributed by atoms with van der Waals surface area (Å²) < 4.78 is 11.0. The first-order chi connectivity index (χ1) is 9.56. The minimum atomic E-state index is -0.974. The summed E-state index contributed by atoms with van der Waals surface area (Å²) in [6.07, 6.45) is 0.452. The summed E-state index contributed by atoms with van der Waals surface area (Å²) in [5.41, 5.74) is 0.929. The van der Waals surface area contributed by atoms with E-state index in [0.29, 0.717) is 22.2 Å². The number of ether oxygens (including phenoxy) is 2. The molecule has 2 rings (SSSR count). The highest BCUT2D eigenvalue weighted by atomic mass is 127. The normalized spacial score (nSPS) is 12.1. The molecule has 1 N–H and O–H groups in total. The summed E-state index contributed by atoms with van der Waals surface area (Å²) in [6.45, 7) is 0. The van der Waals surface area contributed by atoms with Gasteiger partial charge in [0.05, 0.1) is 25.4 Å². The lowest BCUT2D eigenvalue weighted by molar-refractivity contribution is 0.206. The van der Waals surface area contributed by atoms with Crippen LogP contribution in [0.25, 0.3) is 0 Å². The molecule has 0 saturated carbocycles. The number of benzene rings is 1. The lowest BCUT2D eigenvalue weighted by atomic mass is 10.1. The van der Waals surface area contributed by atoms with Crippen molar-refractivity contribution in [1.29, 1.82) is 0 Å². The summed E-state index contributed by atoms with van der Waals surface area (Å²) in [4.78, 5) is 8.24. The lowest BCUT2D eigenvalue weighted by Gasteiger charge is -2.14. The van der Waals surface area contributed by atoms with Gasteiger partial charge in [-0.1, -0.05) is 17.7 Å². The van der Waals surface area contributed by atoms with Gasteiger partial charge in [0.15, 0.2) is 0 Å². The molecule has 0 amide bonds. The smallest absolute Gasteiger partial charge is 0.241 e. The molecule has 0 aliphatic rings. The van der Waals surface area contributed by atoms with Crippen molar-refractivity contribution in [3.05, 3.63) is 44.2 Å². The zero-order valence-corrected chi connectivity index (χ0v) is 13.7. The molecule has 1 aromatic heterocycles. The average Bonchev–Trinajstić information content (AvgIpc) is 2.48. The number of aromatic nitrogens is 2. The fourth-order valence-corrected chi connectivity index (χ4v) is 2.17. The Labute approximate surface area is 135 Å². The van der Waals surface area contributed by atoms with Gasteiger partial charge in [-0.25, -0.2) is 4.98 Å². The number of rotatable bonds is 4. The average molecular weight is 407 g/mol. The molecular weight excluding hydrogens is 395 g/mol. The largest absolute Gasteiger partial charge is 0.480 e. The monoisotopic (exact) mass is 406 g/mol. The quantitative estimate of drug-likeness (QED) is 0.791.